The minimum atomic E-state index is -0.934. The van der Waals surface area contributed by atoms with Gasteiger partial charge in [-0.2, -0.15) is 0 Å². The average molecular weight is 429 g/mol. The molecular formula is C24H32N2O5. The lowest BCUT2D eigenvalue weighted by Gasteiger charge is -2.41. The highest BCUT2D eigenvalue weighted by atomic mass is 16.5. The molecule has 1 heterocycles. The molecule has 1 fully saturated rings. The SMILES string of the molecule is CCCCC(=O)N(CC1CC1)[C@@H]1C=C(C(=O)NCCO)[C@@H]2c3ccccc3O[C@@H]2[C@H]1O. The lowest BCUT2D eigenvalue weighted by Crippen LogP contribution is -2.56. The number of benzene rings is 1. The quantitative estimate of drug-likeness (QED) is 0.556. The fourth-order valence-corrected chi connectivity index (χ4v) is 4.63. The maximum Gasteiger partial charge on any atom is 0.247 e. The van der Waals surface area contributed by atoms with Gasteiger partial charge in [0.05, 0.1) is 18.6 Å². The van der Waals surface area contributed by atoms with Crippen molar-refractivity contribution < 1.29 is 24.5 Å². The van der Waals surface area contributed by atoms with Crippen LogP contribution in [0.2, 0.25) is 0 Å². The second-order valence-corrected chi connectivity index (χ2v) is 8.77. The van der Waals surface area contributed by atoms with Crippen LogP contribution in [0.4, 0.5) is 0 Å². The molecule has 1 aliphatic heterocycles. The normalized spacial score (nSPS) is 26.4. The van der Waals surface area contributed by atoms with Crippen molar-refractivity contribution in [1.82, 2.24) is 10.2 Å². The standard InChI is InChI=1S/C24H32N2O5/c1-2-3-8-20(28)26(14-15-9-10-15)18-13-17(24(30)25-11-12-27)21-16-6-4-5-7-19(16)31-23(21)22(18)29/h4-7,13,15,18,21-23,27,29H,2-3,8-12,14H2,1H3,(H,25,30)/t18-,21+,22+,23+/m1/s1. The highest BCUT2D eigenvalue weighted by molar-refractivity contribution is 5.96. The fourth-order valence-electron chi connectivity index (χ4n) is 4.63. The van der Waals surface area contributed by atoms with Gasteiger partial charge in [0, 0.05) is 30.6 Å². The van der Waals surface area contributed by atoms with Crippen molar-refractivity contribution in [2.45, 2.75) is 63.2 Å². The number of hydrogen-bond donors (Lipinski definition) is 3. The van der Waals surface area contributed by atoms with E-state index in [1.54, 1.807) is 11.0 Å². The van der Waals surface area contributed by atoms with Crippen molar-refractivity contribution in [3.05, 3.63) is 41.5 Å². The van der Waals surface area contributed by atoms with E-state index >= 15 is 0 Å². The Kier molecular flexibility index (Phi) is 6.62. The summed E-state index contributed by atoms with van der Waals surface area (Å²) in [5, 5.41) is 23.2. The van der Waals surface area contributed by atoms with Gasteiger partial charge >= 0.3 is 0 Å². The number of ether oxygens (including phenoxy) is 1. The maximum atomic E-state index is 13.1. The molecular weight excluding hydrogens is 396 g/mol. The first-order chi connectivity index (χ1) is 15.0. The van der Waals surface area contributed by atoms with E-state index in [1.807, 2.05) is 31.2 Å². The third kappa shape index (κ3) is 4.48. The van der Waals surface area contributed by atoms with Crippen LogP contribution in [-0.2, 0) is 9.59 Å². The molecule has 0 radical (unpaired) electrons. The van der Waals surface area contributed by atoms with Crippen LogP contribution in [0, 0.1) is 5.92 Å². The second kappa shape index (κ2) is 9.40. The van der Waals surface area contributed by atoms with Gasteiger partial charge in [-0.15, -0.1) is 0 Å². The first kappa shape index (κ1) is 21.8. The van der Waals surface area contributed by atoms with Crippen molar-refractivity contribution in [3.63, 3.8) is 0 Å². The number of unbranched alkanes of at least 4 members (excludes halogenated alkanes) is 1. The lowest BCUT2D eigenvalue weighted by molar-refractivity contribution is -0.137. The van der Waals surface area contributed by atoms with Gasteiger partial charge < -0.3 is 25.2 Å². The van der Waals surface area contributed by atoms with E-state index in [0.717, 1.165) is 31.2 Å². The fraction of sp³-hybridized carbons (Fsp3) is 0.583. The monoisotopic (exact) mass is 428 g/mol. The van der Waals surface area contributed by atoms with Gasteiger partial charge in [-0.3, -0.25) is 9.59 Å². The van der Waals surface area contributed by atoms with Crippen LogP contribution in [0.3, 0.4) is 0 Å². The van der Waals surface area contributed by atoms with Crippen molar-refractivity contribution in [1.29, 1.82) is 0 Å². The molecule has 0 saturated heterocycles. The summed E-state index contributed by atoms with van der Waals surface area (Å²) in [5.41, 5.74) is 1.35. The van der Waals surface area contributed by atoms with Gasteiger partial charge in [0.15, 0.2) is 0 Å². The van der Waals surface area contributed by atoms with Crippen LogP contribution in [0.15, 0.2) is 35.9 Å². The zero-order chi connectivity index (χ0) is 22.0. The summed E-state index contributed by atoms with van der Waals surface area (Å²) in [5.74, 6) is 0.419. The number of aliphatic hydroxyl groups excluding tert-OH is 2. The zero-order valence-electron chi connectivity index (χ0n) is 18.0. The number of nitrogens with one attached hydrogen (secondary N) is 1. The third-order valence-corrected chi connectivity index (χ3v) is 6.45. The summed E-state index contributed by atoms with van der Waals surface area (Å²) >= 11 is 0. The summed E-state index contributed by atoms with van der Waals surface area (Å²) in [7, 11) is 0. The Labute approximate surface area is 183 Å². The van der Waals surface area contributed by atoms with Gasteiger partial charge in [0.2, 0.25) is 11.8 Å². The summed E-state index contributed by atoms with van der Waals surface area (Å²) in [6, 6.07) is 6.89. The molecule has 2 amide bonds. The molecule has 168 valence electrons. The second-order valence-electron chi connectivity index (χ2n) is 8.77. The molecule has 0 unspecified atom stereocenters. The van der Waals surface area contributed by atoms with Crippen LogP contribution in [-0.4, -0.2) is 64.9 Å². The molecule has 1 aromatic carbocycles. The molecule has 0 aromatic heterocycles. The number of fused-ring (bicyclic) bond motifs is 3. The Balaban J connectivity index is 1.69. The predicted octanol–water partition coefficient (Wildman–Crippen LogP) is 1.74. The minimum absolute atomic E-state index is 0.0122. The van der Waals surface area contributed by atoms with Gasteiger partial charge in [-0.1, -0.05) is 31.5 Å². The highest BCUT2D eigenvalue weighted by Crippen LogP contribution is 2.47. The highest BCUT2D eigenvalue weighted by Gasteiger charge is 2.50. The number of carbonyl (C=O) groups excluding carboxylic acids is 2. The number of amides is 2. The molecule has 2 aliphatic carbocycles. The number of rotatable bonds is 9. The van der Waals surface area contributed by atoms with E-state index in [1.165, 1.54) is 0 Å². The van der Waals surface area contributed by atoms with E-state index in [2.05, 4.69) is 5.32 Å². The first-order valence-corrected chi connectivity index (χ1v) is 11.4. The number of aliphatic hydroxyl groups is 2. The van der Waals surface area contributed by atoms with Gasteiger partial charge in [0.1, 0.15) is 18.0 Å². The third-order valence-electron chi connectivity index (χ3n) is 6.45. The molecule has 7 nitrogen and oxygen atoms in total. The molecule has 0 bridgehead atoms. The van der Waals surface area contributed by atoms with E-state index in [0.29, 0.717) is 30.2 Å². The topological polar surface area (TPSA) is 99.1 Å². The predicted molar refractivity (Wildman–Crippen MR) is 116 cm³/mol. The van der Waals surface area contributed by atoms with Crippen molar-refractivity contribution in [2.24, 2.45) is 5.92 Å². The molecule has 31 heavy (non-hydrogen) atoms. The zero-order valence-corrected chi connectivity index (χ0v) is 18.0. The van der Waals surface area contributed by atoms with E-state index < -0.39 is 24.2 Å². The van der Waals surface area contributed by atoms with Crippen molar-refractivity contribution in [2.75, 3.05) is 19.7 Å². The minimum Gasteiger partial charge on any atom is -0.486 e. The summed E-state index contributed by atoms with van der Waals surface area (Å²) in [6.45, 7) is 2.63. The van der Waals surface area contributed by atoms with Crippen molar-refractivity contribution >= 4 is 11.8 Å². The van der Waals surface area contributed by atoms with E-state index in [9.17, 15) is 14.7 Å². The first-order valence-electron chi connectivity index (χ1n) is 11.4. The Morgan fingerprint density at radius 2 is 2.03 bits per heavy atom. The van der Waals surface area contributed by atoms with Crippen molar-refractivity contribution in [3.8, 4) is 5.75 Å². The molecule has 4 rings (SSSR count). The maximum absolute atomic E-state index is 13.1. The van der Waals surface area contributed by atoms with Crippen LogP contribution in [0.1, 0.15) is 50.5 Å². The summed E-state index contributed by atoms with van der Waals surface area (Å²) in [6.07, 6.45) is 4.51. The van der Waals surface area contributed by atoms with Crippen LogP contribution >= 0.6 is 0 Å². The Hall–Kier alpha value is -2.38. The molecule has 0 spiro atoms. The molecule has 3 aliphatic rings. The van der Waals surface area contributed by atoms with Gasteiger partial charge in [-0.25, -0.2) is 0 Å². The molecule has 4 atom stereocenters. The summed E-state index contributed by atoms with van der Waals surface area (Å²) in [4.78, 5) is 27.9. The smallest absolute Gasteiger partial charge is 0.247 e. The number of nitrogens with zero attached hydrogens (tertiary/aromatic N) is 1. The van der Waals surface area contributed by atoms with E-state index in [-0.39, 0.29) is 25.0 Å². The Morgan fingerprint density at radius 3 is 2.74 bits per heavy atom. The molecule has 7 heteroatoms. The lowest BCUT2D eigenvalue weighted by atomic mass is 9.77. The Bertz CT molecular complexity index is 850. The Morgan fingerprint density at radius 1 is 1.26 bits per heavy atom. The average Bonchev–Trinajstić information content (AvgIpc) is 3.52. The van der Waals surface area contributed by atoms with Crippen LogP contribution in [0.25, 0.3) is 0 Å². The van der Waals surface area contributed by atoms with Gasteiger partial charge in [0.25, 0.3) is 0 Å². The van der Waals surface area contributed by atoms with Gasteiger partial charge in [-0.05, 0) is 37.3 Å². The number of hydrogen-bond acceptors (Lipinski definition) is 5. The molecule has 1 aromatic rings. The van der Waals surface area contributed by atoms with E-state index in [4.69, 9.17) is 9.84 Å². The largest absolute Gasteiger partial charge is 0.486 e. The van der Waals surface area contributed by atoms with Crippen LogP contribution < -0.4 is 10.1 Å². The number of carbonyl (C=O) groups is 2. The molecule has 3 N–H and O–H groups in total. The van der Waals surface area contributed by atoms with Crippen LogP contribution in [0.5, 0.6) is 5.75 Å². The number of para-hydroxylation sites is 1. The molecule has 1 saturated carbocycles. The summed E-state index contributed by atoms with van der Waals surface area (Å²) < 4.78 is 6.11.